The molecule has 0 bridgehead atoms. The molecule has 1 aromatic heterocycles. The van der Waals surface area contributed by atoms with Crippen LogP contribution in [0.25, 0.3) is 0 Å². The van der Waals surface area contributed by atoms with E-state index in [0.29, 0.717) is 43.4 Å². The second-order valence-corrected chi connectivity index (χ2v) is 6.98. The maximum Gasteiger partial charge on any atom is 0.410 e. The molecule has 2 amide bonds. The van der Waals surface area contributed by atoms with Crippen LogP contribution < -0.4 is 0 Å². The molecule has 2 heterocycles. The van der Waals surface area contributed by atoms with Crippen molar-refractivity contribution in [2.45, 2.75) is 32.8 Å². The predicted molar refractivity (Wildman–Crippen MR) is 86.5 cm³/mol. The summed E-state index contributed by atoms with van der Waals surface area (Å²) in [5.41, 5.74) is -0.202. The lowest BCUT2D eigenvalue weighted by Gasteiger charge is -2.26. The van der Waals surface area contributed by atoms with Crippen LogP contribution in [-0.2, 0) is 11.8 Å². The number of ether oxygens (including phenoxy) is 1. The van der Waals surface area contributed by atoms with Crippen molar-refractivity contribution in [1.82, 2.24) is 19.6 Å². The van der Waals surface area contributed by atoms with Gasteiger partial charge in [-0.2, -0.15) is 5.10 Å². The third-order valence-corrected chi connectivity index (χ3v) is 3.83. The summed E-state index contributed by atoms with van der Waals surface area (Å²) in [7, 11) is 1.69. The number of hydrogen-bond donors (Lipinski definition) is 0. The normalized spacial score (nSPS) is 16.2. The van der Waals surface area contributed by atoms with Crippen molar-refractivity contribution in [2.75, 3.05) is 26.2 Å². The molecule has 0 aliphatic carbocycles. The summed E-state index contributed by atoms with van der Waals surface area (Å²) in [6, 6.07) is 1.56. The van der Waals surface area contributed by atoms with Gasteiger partial charge in [0.15, 0.2) is 5.69 Å². The van der Waals surface area contributed by atoms with E-state index in [4.69, 9.17) is 16.3 Å². The molecule has 0 aromatic carbocycles. The number of aryl methyl sites for hydroxylation is 1. The topological polar surface area (TPSA) is 67.7 Å². The van der Waals surface area contributed by atoms with E-state index in [-0.39, 0.29) is 12.0 Å². The standard InChI is InChI=1S/C15H23ClN4O3/c1-15(2,3)23-14(22)20-7-5-6-19(8-9-20)13(21)11-10-12(16)18(4)17-11/h10H,5-9H2,1-4H3. The zero-order valence-corrected chi connectivity index (χ0v) is 14.8. The number of hydrogen-bond acceptors (Lipinski definition) is 4. The third-order valence-electron chi connectivity index (χ3n) is 3.48. The molecule has 0 spiro atoms. The van der Waals surface area contributed by atoms with Crippen LogP contribution in [0.4, 0.5) is 4.79 Å². The van der Waals surface area contributed by atoms with Gasteiger partial charge in [-0.25, -0.2) is 4.79 Å². The second-order valence-electron chi connectivity index (χ2n) is 6.59. The molecule has 0 saturated carbocycles. The largest absolute Gasteiger partial charge is 0.444 e. The summed E-state index contributed by atoms with van der Waals surface area (Å²) in [5, 5.41) is 4.52. The molecule has 1 aliphatic rings. The number of rotatable bonds is 1. The van der Waals surface area contributed by atoms with Gasteiger partial charge in [-0.1, -0.05) is 11.6 Å². The van der Waals surface area contributed by atoms with Gasteiger partial charge in [-0.3, -0.25) is 9.48 Å². The highest BCUT2D eigenvalue weighted by molar-refractivity contribution is 6.29. The zero-order valence-electron chi connectivity index (χ0n) is 14.0. The molecule has 128 valence electrons. The smallest absolute Gasteiger partial charge is 0.410 e. The Hall–Kier alpha value is -1.76. The fourth-order valence-corrected chi connectivity index (χ4v) is 2.48. The lowest BCUT2D eigenvalue weighted by Crippen LogP contribution is -2.40. The summed E-state index contributed by atoms with van der Waals surface area (Å²) in [6.45, 7) is 7.55. The molecule has 1 saturated heterocycles. The van der Waals surface area contributed by atoms with Crippen LogP contribution in [0.15, 0.2) is 6.07 Å². The van der Waals surface area contributed by atoms with E-state index >= 15 is 0 Å². The fraction of sp³-hybridized carbons (Fsp3) is 0.667. The number of amides is 2. The van der Waals surface area contributed by atoms with E-state index < -0.39 is 5.60 Å². The molecule has 23 heavy (non-hydrogen) atoms. The van der Waals surface area contributed by atoms with Crippen LogP contribution in [0.2, 0.25) is 5.15 Å². The Labute approximate surface area is 141 Å². The van der Waals surface area contributed by atoms with Crippen LogP contribution in [0, 0.1) is 0 Å². The lowest BCUT2D eigenvalue weighted by molar-refractivity contribution is 0.0255. The first-order chi connectivity index (χ1) is 10.7. The SMILES string of the molecule is Cn1nc(C(=O)N2CCCN(C(=O)OC(C)(C)C)CC2)cc1Cl. The molecule has 0 atom stereocenters. The van der Waals surface area contributed by atoms with Crippen molar-refractivity contribution in [1.29, 1.82) is 0 Å². The monoisotopic (exact) mass is 342 g/mol. The molecule has 1 aromatic rings. The van der Waals surface area contributed by atoms with Gasteiger partial charge in [0.05, 0.1) is 0 Å². The Morgan fingerprint density at radius 1 is 1.17 bits per heavy atom. The van der Waals surface area contributed by atoms with Gasteiger partial charge in [0.25, 0.3) is 5.91 Å². The molecule has 0 unspecified atom stereocenters. The molecule has 8 heteroatoms. The Kier molecular flexibility index (Phi) is 5.19. The van der Waals surface area contributed by atoms with Gasteiger partial charge >= 0.3 is 6.09 Å². The number of carbonyl (C=O) groups is 2. The molecule has 7 nitrogen and oxygen atoms in total. The van der Waals surface area contributed by atoms with Crippen molar-refractivity contribution in [3.63, 3.8) is 0 Å². The summed E-state index contributed by atoms with van der Waals surface area (Å²) >= 11 is 5.93. The highest BCUT2D eigenvalue weighted by Crippen LogP contribution is 2.15. The quantitative estimate of drug-likeness (QED) is 0.784. The van der Waals surface area contributed by atoms with Gasteiger partial charge < -0.3 is 14.5 Å². The van der Waals surface area contributed by atoms with E-state index in [2.05, 4.69) is 5.10 Å². The molecule has 1 aliphatic heterocycles. The Bertz CT molecular complexity index is 575. The van der Waals surface area contributed by atoms with E-state index in [9.17, 15) is 9.59 Å². The highest BCUT2D eigenvalue weighted by Gasteiger charge is 2.27. The Balaban J connectivity index is 1.98. The number of halogens is 1. The maximum atomic E-state index is 12.5. The maximum absolute atomic E-state index is 12.5. The minimum absolute atomic E-state index is 0.168. The van der Waals surface area contributed by atoms with E-state index in [0.717, 1.165) is 0 Å². The Morgan fingerprint density at radius 2 is 1.78 bits per heavy atom. The highest BCUT2D eigenvalue weighted by atomic mass is 35.5. The van der Waals surface area contributed by atoms with Crippen molar-refractivity contribution < 1.29 is 14.3 Å². The van der Waals surface area contributed by atoms with Gasteiger partial charge in [-0.05, 0) is 27.2 Å². The number of nitrogens with zero attached hydrogens (tertiary/aromatic N) is 4. The summed E-state index contributed by atoms with van der Waals surface area (Å²) in [5.74, 6) is -0.168. The van der Waals surface area contributed by atoms with Crippen molar-refractivity contribution in [3.8, 4) is 0 Å². The van der Waals surface area contributed by atoms with E-state index in [1.807, 2.05) is 20.8 Å². The summed E-state index contributed by atoms with van der Waals surface area (Å²) in [6.07, 6.45) is 0.360. The average Bonchev–Trinajstić information content (AvgIpc) is 2.66. The van der Waals surface area contributed by atoms with Crippen LogP contribution >= 0.6 is 11.6 Å². The minimum atomic E-state index is -0.524. The molecule has 0 radical (unpaired) electrons. The van der Waals surface area contributed by atoms with Crippen molar-refractivity contribution in [3.05, 3.63) is 16.9 Å². The molecule has 0 N–H and O–H groups in total. The fourth-order valence-electron chi connectivity index (χ4n) is 2.34. The van der Waals surface area contributed by atoms with Crippen LogP contribution in [0.5, 0.6) is 0 Å². The number of aromatic nitrogens is 2. The van der Waals surface area contributed by atoms with Gasteiger partial charge in [0.2, 0.25) is 0 Å². The van der Waals surface area contributed by atoms with E-state index in [1.165, 1.54) is 4.68 Å². The first-order valence-corrected chi connectivity index (χ1v) is 8.02. The molecular formula is C15H23ClN4O3. The number of carbonyl (C=O) groups excluding carboxylic acids is 2. The summed E-state index contributed by atoms with van der Waals surface area (Å²) in [4.78, 5) is 27.9. The van der Waals surface area contributed by atoms with Gasteiger partial charge in [-0.15, -0.1) is 0 Å². The zero-order chi connectivity index (χ0) is 17.2. The summed E-state index contributed by atoms with van der Waals surface area (Å²) < 4.78 is 6.84. The first-order valence-electron chi connectivity index (χ1n) is 7.64. The van der Waals surface area contributed by atoms with E-state index in [1.54, 1.807) is 22.9 Å². The molecule has 2 rings (SSSR count). The van der Waals surface area contributed by atoms with Crippen LogP contribution in [0.3, 0.4) is 0 Å². The molecular weight excluding hydrogens is 320 g/mol. The van der Waals surface area contributed by atoms with Gasteiger partial charge in [0, 0.05) is 39.3 Å². The third kappa shape index (κ3) is 4.60. The minimum Gasteiger partial charge on any atom is -0.444 e. The lowest BCUT2D eigenvalue weighted by atomic mass is 10.2. The van der Waals surface area contributed by atoms with Crippen LogP contribution in [0.1, 0.15) is 37.7 Å². The van der Waals surface area contributed by atoms with Gasteiger partial charge in [0.1, 0.15) is 10.8 Å². The average molecular weight is 343 g/mol. The van der Waals surface area contributed by atoms with Crippen LogP contribution in [-0.4, -0.2) is 63.4 Å². The van der Waals surface area contributed by atoms with Crippen molar-refractivity contribution in [2.24, 2.45) is 7.05 Å². The first kappa shape index (κ1) is 17.6. The Morgan fingerprint density at radius 3 is 2.35 bits per heavy atom. The van der Waals surface area contributed by atoms with Crippen molar-refractivity contribution >= 4 is 23.6 Å². The second kappa shape index (κ2) is 6.78. The predicted octanol–water partition coefficient (Wildman–Crippen LogP) is 2.16. The molecule has 1 fully saturated rings.